The second kappa shape index (κ2) is 6.06. The SMILES string of the molecule is N#Cc1ccc(CCOc2ccc3ncccc3c2)cc1. The number of benzene rings is 2. The van der Waals surface area contributed by atoms with E-state index in [1.165, 1.54) is 0 Å². The molecule has 0 aliphatic carbocycles. The van der Waals surface area contributed by atoms with Crippen molar-refractivity contribution in [1.29, 1.82) is 5.26 Å². The van der Waals surface area contributed by atoms with Gasteiger partial charge in [0.05, 0.1) is 23.8 Å². The number of aromatic nitrogens is 1. The molecule has 1 heterocycles. The summed E-state index contributed by atoms with van der Waals surface area (Å²) in [6, 6.07) is 19.6. The fourth-order valence-electron chi connectivity index (χ4n) is 2.18. The van der Waals surface area contributed by atoms with Gasteiger partial charge in [-0.25, -0.2) is 0 Å². The summed E-state index contributed by atoms with van der Waals surface area (Å²) in [6.07, 6.45) is 2.60. The summed E-state index contributed by atoms with van der Waals surface area (Å²) in [6.45, 7) is 0.609. The lowest BCUT2D eigenvalue weighted by atomic mass is 10.1. The molecular weight excluding hydrogens is 260 g/mol. The van der Waals surface area contributed by atoms with Crippen molar-refractivity contribution in [2.45, 2.75) is 6.42 Å². The standard InChI is InChI=1S/C18H14N2O/c19-13-15-5-3-14(4-6-15)9-11-21-17-7-8-18-16(12-17)2-1-10-20-18/h1-8,10,12H,9,11H2. The maximum Gasteiger partial charge on any atom is 0.120 e. The van der Waals surface area contributed by atoms with Gasteiger partial charge in [0, 0.05) is 18.0 Å². The van der Waals surface area contributed by atoms with Gasteiger partial charge in [0.2, 0.25) is 0 Å². The Morgan fingerprint density at radius 2 is 1.90 bits per heavy atom. The van der Waals surface area contributed by atoms with Gasteiger partial charge >= 0.3 is 0 Å². The van der Waals surface area contributed by atoms with Crippen molar-refractivity contribution in [2.75, 3.05) is 6.61 Å². The van der Waals surface area contributed by atoms with Crippen LogP contribution in [0.3, 0.4) is 0 Å². The van der Waals surface area contributed by atoms with E-state index in [0.717, 1.165) is 28.6 Å². The summed E-state index contributed by atoms with van der Waals surface area (Å²) in [5, 5.41) is 9.84. The molecule has 21 heavy (non-hydrogen) atoms. The first kappa shape index (κ1) is 13.1. The van der Waals surface area contributed by atoms with Gasteiger partial charge in [-0.3, -0.25) is 4.98 Å². The van der Waals surface area contributed by atoms with Crippen molar-refractivity contribution in [3.05, 3.63) is 71.9 Å². The molecule has 3 aromatic rings. The maximum absolute atomic E-state index is 8.76. The molecule has 3 nitrogen and oxygen atoms in total. The summed E-state index contributed by atoms with van der Waals surface area (Å²) in [5.74, 6) is 0.851. The first-order valence-electron chi connectivity index (χ1n) is 6.82. The minimum atomic E-state index is 0.609. The molecule has 0 aliphatic heterocycles. The Balaban J connectivity index is 1.62. The quantitative estimate of drug-likeness (QED) is 0.728. The van der Waals surface area contributed by atoms with Gasteiger partial charge in [-0.05, 0) is 42.0 Å². The van der Waals surface area contributed by atoms with Crippen LogP contribution in [0.4, 0.5) is 0 Å². The molecule has 2 aromatic carbocycles. The number of ether oxygens (including phenoxy) is 1. The van der Waals surface area contributed by atoms with Gasteiger partial charge in [0.25, 0.3) is 0 Å². The van der Waals surface area contributed by atoms with Crippen LogP contribution in [0.5, 0.6) is 5.75 Å². The molecule has 0 N–H and O–H groups in total. The van der Waals surface area contributed by atoms with Crippen molar-refractivity contribution in [2.24, 2.45) is 0 Å². The predicted octanol–water partition coefficient (Wildman–Crippen LogP) is 3.73. The van der Waals surface area contributed by atoms with Crippen LogP contribution in [-0.4, -0.2) is 11.6 Å². The summed E-state index contributed by atoms with van der Waals surface area (Å²) in [5.41, 5.74) is 2.81. The van der Waals surface area contributed by atoms with Crippen molar-refractivity contribution in [1.82, 2.24) is 4.98 Å². The molecule has 0 unspecified atom stereocenters. The third kappa shape index (κ3) is 3.18. The van der Waals surface area contributed by atoms with Crippen molar-refractivity contribution in [3.63, 3.8) is 0 Å². The Labute approximate surface area is 123 Å². The van der Waals surface area contributed by atoms with Gasteiger partial charge in [-0.1, -0.05) is 18.2 Å². The molecule has 0 saturated carbocycles. The fourth-order valence-corrected chi connectivity index (χ4v) is 2.18. The fraction of sp³-hybridized carbons (Fsp3) is 0.111. The molecule has 0 amide bonds. The molecule has 0 spiro atoms. The number of hydrogen-bond acceptors (Lipinski definition) is 3. The van der Waals surface area contributed by atoms with Crippen LogP contribution in [0.25, 0.3) is 10.9 Å². The molecule has 1 aromatic heterocycles. The third-order valence-electron chi connectivity index (χ3n) is 3.32. The van der Waals surface area contributed by atoms with Crippen LogP contribution in [0, 0.1) is 11.3 Å². The van der Waals surface area contributed by atoms with Crippen LogP contribution in [0.2, 0.25) is 0 Å². The van der Waals surface area contributed by atoms with Gasteiger partial charge in [-0.15, -0.1) is 0 Å². The van der Waals surface area contributed by atoms with Gasteiger partial charge < -0.3 is 4.74 Å². The topological polar surface area (TPSA) is 45.9 Å². The second-order valence-corrected chi connectivity index (χ2v) is 4.77. The highest BCUT2D eigenvalue weighted by Crippen LogP contribution is 2.19. The Hall–Kier alpha value is -2.86. The summed E-state index contributed by atoms with van der Waals surface area (Å²) in [4.78, 5) is 4.28. The van der Waals surface area contributed by atoms with E-state index < -0.39 is 0 Å². The molecule has 0 bridgehead atoms. The highest BCUT2D eigenvalue weighted by atomic mass is 16.5. The van der Waals surface area contributed by atoms with Crippen molar-refractivity contribution >= 4 is 10.9 Å². The normalized spacial score (nSPS) is 10.2. The first-order valence-corrected chi connectivity index (χ1v) is 6.82. The Bertz CT molecular complexity index is 788. The molecule has 0 aliphatic rings. The van der Waals surface area contributed by atoms with Gasteiger partial charge in [-0.2, -0.15) is 5.26 Å². The van der Waals surface area contributed by atoms with E-state index in [0.29, 0.717) is 12.2 Å². The number of hydrogen-bond donors (Lipinski definition) is 0. The van der Waals surface area contributed by atoms with Crippen LogP contribution in [-0.2, 0) is 6.42 Å². The largest absolute Gasteiger partial charge is 0.493 e. The van der Waals surface area contributed by atoms with E-state index in [9.17, 15) is 0 Å². The lowest BCUT2D eigenvalue weighted by Gasteiger charge is -2.07. The molecule has 0 radical (unpaired) electrons. The lowest BCUT2D eigenvalue weighted by molar-refractivity contribution is 0.322. The Morgan fingerprint density at radius 1 is 1.05 bits per heavy atom. The maximum atomic E-state index is 8.76. The van der Waals surface area contributed by atoms with Crippen LogP contribution in [0.15, 0.2) is 60.8 Å². The zero-order valence-corrected chi connectivity index (χ0v) is 11.5. The van der Waals surface area contributed by atoms with E-state index in [2.05, 4.69) is 11.1 Å². The minimum absolute atomic E-state index is 0.609. The third-order valence-corrected chi connectivity index (χ3v) is 3.32. The molecular formula is C18H14N2O. The molecule has 3 heteroatoms. The second-order valence-electron chi connectivity index (χ2n) is 4.77. The van der Waals surface area contributed by atoms with Crippen LogP contribution < -0.4 is 4.74 Å². The van der Waals surface area contributed by atoms with Crippen molar-refractivity contribution < 1.29 is 4.74 Å². The van der Waals surface area contributed by atoms with E-state index >= 15 is 0 Å². The first-order chi connectivity index (χ1) is 10.3. The zero-order valence-electron chi connectivity index (χ0n) is 11.5. The highest BCUT2D eigenvalue weighted by molar-refractivity contribution is 5.79. The number of pyridine rings is 1. The number of rotatable bonds is 4. The number of nitriles is 1. The lowest BCUT2D eigenvalue weighted by Crippen LogP contribution is -2.01. The molecule has 3 rings (SSSR count). The van der Waals surface area contributed by atoms with E-state index in [1.807, 2.05) is 54.6 Å². The number of nitrogens with zero attached hydrogens (tertiary/aromatic N) is 2. The highest BCUT2D eigenvalue weighted by Gasteiger charge is 1.99. The Kier molecular flexibility index (Phi) is 3.79. The van der Waals surface area contributed by atoms with Gasteiger partial charge in [0.1, 0.15) is 5.75 Å². The average Bonchev–Trinajstić information content (AvgIpc) is 2.55. The van der Waals surface area contributed by atoms with Gasteiger partial charge in [0.15, 0.2) is 0 Å². The average molecular weight is 274 g/mol. The minimum Gasteiger partial charge on any atom is -0.493 e. The zero-order chi connectivity index (χ0) is 14.5. The molecule has 0 saturated heterocycles. The summed E-state index contributed by atoms with van der Waals surface area (Å²) >= 11 is 0. The molecule has 102 valence electrons. The molecule has 0 atom stereocenters. The summed E-state index contributed by atoms with van der Waals surface area (Å²) < 4.78 is 5.78. The van der Waals surface area contributed by atoms with Crippen LogP contribution >= 0.6 is 0 Å². The van der Waals surface area contributed by atoms with E-state index in [1.54, 1.807) is 6.20 Å². The van der Waals surface area contributed by atoms with E-state index in [4.69, 9.17) is 10.00 Å². The Morgan fingerprint density at radius 3 is 2.71 bits per heavy atom. The van der Waals surface area contributed by atoms with Crippen LogP contribution in [0.1, 0.15) is 11.1 Å². The molecule has 0 fully saturated rings. The number of fused-ring (bicyclic) bond motifs is 1. The van der Waals surface area contributed by atoms with Crippen molar-refractivity contribution in [3.8, 4) is 11.8 Å². The van der Waals surface area contributed by atoms with E-state index in [-0.39, 0.29) is 0 Å². The summed E-state index contributed by atoms with van der Waals surface area (Å²) in [7, 11) is 0. The predicted molar refractivity (Wildman–Crippen MR) is 82.1 cm³/mol. The smallest absolute Gasteiger partial charge is 0.120 e. The monoisotopic (exact) mass is 274 g/mol.